The van der Waals surface area contributed by atoms with Crippen molar-refractivity contribution in [3.8, 4) is 0 Å². The lowest BCUT2D eigenvalue weighted by molar-refractivity contribution is -0.148. The van der Waals surface area contributed by atoms with Gasteiger partial charge in [-0.1, -0.05) is 18.2 Å². The fourth-order valence-corrected chi connectivity index (χ4v) is 3.44. The highest BCUT2D eigenvalue weighted by Gasteiger charge is 2.46. The molecule has 6 nitrogen and oxygen atoms in total. The Morgan fingerprint density at radius 1 is 1.23 bits per heavy atom. The SMILES string of the molecule is C=C1C(=O)O[C@@H]2C=C(C)CC3C=C(C[C@H](OC(=O)/C(C)=C\C)[C@@H]12)C(=O)O3. The van der Waals surface area contributed by atoms with Crippen LogP contribution in [0.2, 0.25) is 0 Å². The molecular formula is C20H22O6. The zero-order valence-electron chi connectivity index (χ0n) is 15.1. The first-order chi connectivity index (χ1) is 12.3. The number of hydrogen-bond acceptors (Lipinski definition) is 6. The zero-order valence-corrected chi connectivity index (χ0v) is 15.1. The van der Waals surface area contributed by atoms with Crippen LogP contribution >= 0.6 is 0 Å². The van der Waals surface area contributed by atoms with Gasteiger partial charge >= 0.3 is 17.9 Å². The second kappa shape index (κ2) is 6.94. The molecule has 1 aliphatic carbocycles. The van der Waals surface area contributed by atoms with Crippen LogP contribution in [0.15, 0.2) is 47.1 Å². The molecule has 0 radical (unpaired) electrons. The predicted molar refractivity (Wildman–Crippen MR) is 92.8 cm³/mol. The predicted octanol–water partition coefficient (Wildman–Crippen LogP) is 2.55. The van der Waals surface area contributed by atoms with E-state index >= 15 is 0 Å². The Labute approximate surface area is 152 Å². The third-order valence-corrected chi connectivity index (χ3v) is 4.98. The topological polar surface area (TPSA) is 78.9 Å². The van der Waals surface area contributed by atoms with Crippen LogP contribution in [0.1, 0.15) is 33.6 Å². The third kappa shape index (κ3) is 3.36. The van der Waals surface area contributed by atoms with Crippen molar-refractivity contribution in [2.75, 3.05) is 0 Å². The van der Waals surface area contributed by atoms with Crippen LogP contribution in [-0.2, 0) is 28.6 Å². The van der Waals surface area contributed by atoms with Crippen molar-refractivity contribution < 1.29 is 28.6 Å². The van der Waals surface area contributed by atoms with Crippen LogP contribution in [0.3, 0.4) is 0 Å². The standard InChI is InChI=1S/C20H22O6/c1-5-11(3)18(21)25-16-9-13-8-14(24-20(13)23)6-10(2)7-15-17(16)12(4)19(22)26-15/h5,7-8,14-17H,4,6,9H2,1-3H3/b10-7?,11-5-/t14?,15-,16+,17+/m1/s1. The normalized spacial score (nSPS) is 31.5. The Hall–Kier alpha value is -2.63. The van der Waals surface area contributed by atoms with Crippen LogP contribution in [0.5, 0.6) is 0 Å². The molecule has 0 N–H and O–H groups in total. The van der Waals surface area contributed by atoms with Gasteiger partial charge in [-0.3, -0.25) is 0 Å². The number of esters is 3. The van der Waals surface area contributed by atoms with Crippen LogP contribution in [-0.4, -0.2) is 36.2 Å². The number of ether oxygens (including phenoxy) is 3. The van der Waals surface area contributed by atoms with E-state index in [2.05, 4.69) is 6.58 Å². The van der Waals surface area contributed by atoms with Crippen molar-refractivity contribution in [3.63, 3.8) is 0 Å². The van der Waals surface area contributed by atoms with E-state index in [1.807, 2.05) is 13.0 Å². The molecule has 0 aromatic heterocycles. The fraction of sp³-hybridized carbons (Fsp3) is 0.450. The van der Waals surface area contributed by atoms with E-state index in [0.717, 1.165) is 5.57 Å². The molecule has 26 heavy (non-hydrogen) atoms. The summed E-state index contributed by atoms with van der Waals surface area (Å²) >= 11 is 0. The minimum Gasteiger partial charge on any atom is -0.458 e. The summed E-state index contributed by atoms with van der Waals surface area (Å²) in [6, 6.07) is 0. The summed E-state index contributed by atoms with van der Waals surface area (Å²) in [4.78, 5) is 36.6. The molecule has 2 heterocycles. The van der Waals surface area contributed by atoms with E-state index in [4.69, 9.17) is 14.2 Å². The van der Waals surface area contributed by atoms with Gasteiger partial charge in [0, 0.05) is 29.6 Å². The van der Waals surface area contributed by atoms with Crippen LogP contribution in [0.4, 0.5) is 0 Å². The Bertz CT molecular complexity index is 769. The summed E-state index contributed by atoms with van der Waals surface area (Å²) in [6.07, 6.45) is 4.26. The summed E-state index contributed by atoms with van der Waals surface area (Å²) in [7, 11) is 0. The first-order valence-corrected chi connectivity index (χ1v) is 8.62. The lowest BCUT2D eigenvalue weighted by atomic mass is 9.85. The second-order valence-corrected chi connectivity index (χ2v) is 6.89. The molecule has 1 unspecified atom stereocenters. The van der Waals surface area contributed by atoms with Gasteiger partial charge in [-0.15, -0.1) is 0 Å². The van der Waals surface area contributed by atoms with Crippen LogP contribution in [0.25, 0.3) is 0 Å². The highest BCUT2D eigenvalue weighted by atomic mass is 16.6. The van der Waals surface area contributed by atoms with Gasteiger partial charge in [-0.25, -0.2) is 14.4 Å². The van der Waals surface area contributed by atoms with Gasteiger partial charge in [0.2, 0.25) is 0 Å². The molecule has 3 aliphatic rings. The Morgan fingerprint density at radius 3 is 2.65 bits per heavy atom. The molecule has 2 bridgehead atoms. The second-order valence-electron chi connectivity index (χ2n) is 6.89. The zero-order chi connectivity index (χ0) is 19.0. The lowest BCUT2D eigenvalue weighted by Crippen LogP contribution is -2.34. The maximum Gasteiger partial charge on any atom is 0.334 e. The van der Waals surface area contributed by atoms with Gasteiger partial charge in [0.1, 0.15) is 18.3 Å². The minimum absolute atomic E-state index is 0.155. The molecular weight excluding hydrogens is 336 g/mol. The molecule has 138 valence electrons. The third-order valence-electron chi connectivity index (χ3n) is 4.98. The minimum atomic E-state index is -0.749. The van der Waals surface area contributed by atoms with Gasteiger partial charge < -0.3 is 14.2 Å². The summed E-state index contributed by atoms with van der Waals surface area (Å²) in [5.41, 5.74) is 2.07. The molecule has 1 fully saturated rings. The van der Waals surface area contributed by atoms with Crippen molar-refractivity contribution in [1.29, 1.82) is 0 Å². The molecule has 4 atom stereocenters. The monoisotopic (exact) mass is 358 g/mol. The largest absolute Gasteiger partial charge is 0.458 e. The van der Waals surface area contributed by atoms with E-state index in [9.17, 15) is 14.4 Å². The average Bonchev–Trinajstić information content (AvgIpc) is 3.04. The molecule has 1 saturated heterocycles. The van der Waals surface area contributed by atoms with Gasteiger partial charge in [0.05, 0.1) is 5.92 Å². The molecule has 0 saturated carbocycles. The number of hydrogen-bond donors (Lipinski definition) is 0. The van der Waals surface area contributed by atoms with E-state index < -0.39 is 36.0 Å². The Morgan fingerprint density at radius 2 is 1.96 bits per heavy atom. The molecule has 0 aromatic rings. The molecule has 0 amide bonds. The average molecular weight is 358 g/mol. The van der Waals surface area contributed by atoms with Crippen LogP contribution in [0, 0.1) is 5.92 Å². The van der Waals surface area contributed by atoms with Crippen LogP contribution < -0.4 is 0 Å². The first-order valence-electron chi connectivity index (χ1n) is 8.62. The molecule has 3 rings (SSSR count). The maximum absolute atomic E-state index is 12.3. The van der Waals surface area contributed by atoms with Crippen molar-refractivity contribution in [3.05, 3.63) is 47.1 Å². The van der Waals surface area contributed by atoms with Gasteiger partial charge in [-0.05, 0) is 32.9 Å². The summed E-state index contributed by atoms with van der Waals surface area (Å²) in [5, 5.41) is 0. The van der Waals surface area contributed by atoms with Gasteiger partial charge in [0.15, 0.2) is 0 Å². The highest BCUT2D eigenvalue weighted by molar-refractivity contribution is 5.93. The van der Waals surface area contributed by atoms with E-state index in [0.29, 0.717) is 17.6 Å². The summed E-state index contributed by atoms with van der Waals surface area (Å²) in [6.45, 7) is 9.10. The first kappa shape index (κ1) is 18.2. The number of rotatable bonds is 2. The van der Waals surface area contributed by atoms with Crippen molar-refractivity contribution in [2.45, 2.75) is 51.9 Å². The Kier molecular flexibility index (Phi) is 4.85. The van der Waals surface area contributed by atoms with Gasteiger partial charge in [0.25, 0.3) is 0 Å². The van der Waals surface area contributed by atoms with Crippen molar-refractivity contribution in [2.24, 2.45) is 5.92 Å². The molecule has 6 heteroatoms. The summed E-state index contributed by atoms with van der Waals surface area (Å²) < 4.78 is 16.5. The maximum atomic E-state index is 12.3. The fourth-order valence-electron chi connectivity index (χ4n) is 3.44. The van der Waals surface area contributed by atoms with Gasteiger partial charge in [-0.2, -0.15) is 0 Å². The Balaban J connectivity index is 2.00. The van der Waals surface area contributed by atoms with E-state index in [1.54, 1.807) is 26.0 Å². The number of carbonyl (C=O) groups is 3. The lowest BCUT2D eigenvalue weighted by Gasteiger charge is -2.26. The molecule has 0 spiro atoms. The van der Waals surface area contributed by atoms with E-state index in [-0.39, 0.29) is 18.1 Å². The number of fused-ring (bicyclic) bond motifs is 2. The number of carbonyl (C=O) groups excluding carboxylic acids is 3. The van der Waals surface area contributed by atoms with E-state index in [1.165, 1.54) is 0 Å². The van der Waals surface area contributed by atoms with Crippen molar-refractivity contribution in [1.82, 2.24) is 0 Å². The smallest absolute Gasteiger partial charge is 0.334 e. The summed E-state index contributed by atoms with van der Waals surface area (Å²) in [5.74, 6) is -1.96. The molecule has 2 aliphatic heterocycles. The molecule has 0 aromatic carbocycles. The highest BCUT2D eigenvalue weighted by Crippen LogP contribution is 2.38. The quantitative estimate of drug-likeness (QED) is 0.327. The van der Waals surface area contributed by atoms with Crippen molar-refractivity contribution >= 4 is 17.9 Å². The number of allylic oxidation sites excluding steroid dienone is 1.